The van der Waals surface area contributed by atoms with Crippen molar-refractivity contribution in [2.24, 2.45) is 0 Å². The first kappa shape index (κ1) is 82.8. The lowest BCUT2D eigenvalue weighted by molar-refractivity contribution is 1.18. The van der Waals surface area contributed by atoms with Crippen molar-refractivity contribution < 1.29 is 0 Å². The van der Waals surface area contributed by atoms with Gasteiger partial charge in [0.1, 0.15) is 0 Å². The summed E-state index contributed by atoms with van der Waals surface area (Å²) in [5, 5.41) is 25.2. The molecule has 0 bridgehead atoms. The Morgan fingerprint density at radius 2 is 0.375 bits per heavy atom. The first-order chi connectivity index (χ1) is 71.4. The van der Waals surface area contributed by atoms with Crippen LogP contribution in [0.5, 0.6) is 0 Å². The van der Waals surface area contributed by atoms with Gasteiger partial charge in [0, 0.05) is 98.8 Å². The molecule has 7 heteroatoms. The molecular formula is C137H87N7. The normalized spacial score (nSPS) is 11.7. The van der Waals surface area contributed by atoms with Crippen LogP contribution < -0.4 is 0 Å². The van der Waals surface area contributed by atoms with Crippen molar-refractivity contribution in [1.82, 2.24) is 27.4 Å². The van der Waals surface area contributed by atoms with E-state index in [4.69, 9.17) is 6.57 Å². The largest absolute Gasteiger partial charge is 0.309 e. The maximum Gasteiger partial charge on any atom is 0.187 e. The lowest BCUT2D eigenvalue weighted by atomic mass is 9.93. The molecule has 6 aromatic heterocycles. The van der Waals surface area contributed by atoms with Crippen LogP contribution in [0.3, 0.4) is 0 Å². The van der Waals surface area contributed by atoms with Crippen LogP contribution in [-0.2, 0) is 0 Å². The summed E-state index contributed by atoms with van der Waals surface area (Å²) in [5.41, 5.74) is 34.0. The summed E-state index contributed by atoms with van der Waals surface area (Å²) in [6.07, 6.45) is 0. The van der Waals surface area contributed by atoms with Crippen LogP contribution in [0.25, 0.3) is 269 Å². The van der Waals surface area contributed by atoms with Crippen LogP contribution in [0.2, 0.25) is 0 Å². The summed E-state index contributed by atoms with van der Waals surface area (Å²) in [4.78, 5) is 3.58. The minimum atomic E-state index is 0.646. The van der Waals surface area contributed by atoms with Crippen molar-refractivity contribution in [3.05, 3.63) is 539 Å². The second kappa shape index (κ2) is 34.1. The predicted molar refractivity (Wildman–Crippen MR) is 609 cm³/mol. The molecule has 6 heterocycles. The average molecular weight is 1830 g/mol. The lowest BCUT2D eigenvalue weighted by Gasteiger charge is -2.14. The van der Waals surface area contributed by atoms with Crippen molar-refractivity contribution in [2.75, 3.05) is 0 Å². The summed E-state index contributed by atoms with van der Waals surface area (Å²) in [6, 6.07) is 191. The Labute approximate surface area is 830 Å². The van der Waals surface area contributed by atoms with E-state index in [9.17, 15) is 0 Å². The molecule has 144 heavy (non-hydrogen) atoms. The second-order valence-corrected chi connectivity index (χ2v) is 37.7. The van der Waals surface area contributed by atoms with Crippen LogP contribution in [0.4, 0.5) is 5.69 Å². The summed E-state index contributed by atoms with van der Waals surface area (Å²) < 4.78 is 14.3. The van der Waals surface area contributed by atoms with E-state index < -0.39 is 0 Å². The van der Waals surface area contributed by atoms with Crippen LogP contribution in [-0.4, -0.2) is 27.4 Å². The fourth-order valence-electron chi connectivity index (χ4n) is 23.1. The van der Waals surface area contributed by atoms with Crippen LogP contribution in [0.1, 0.15) is 0 Å². The molecule has 0 radical (unpaired) electrons. The number of hydrogen-bond acceptors (Lipinski definition) is 0. The molecule has 0 saturated carbocycles. The Bertz CT molecular complexity index is 10500. The molecule has 24 aromatic carbocycles. The fraction of sp³-hybridized carbons (Fsp3) is 0. The zero-order chi connectivity index (χ0) is 95.0. The highest BCUT2D eigenvalue weighted by Gasteiger charge is 2.24. The van der Waals surface area contributed by atoms with Crippen LogP contribution in [0.15, 0.2) is 528 Å². The fourth-order valence-corrected chi connectivity index (χ4v) is 23.1. The summed E-state index contributed by atoms with van der Waals surface area (Å²) in [7, 11) is 0. The lowest BCUT2D eigenvalue weighted by Crippen LogP contribution is -1.95. The molecule has 0 spiro atoms. The monoisotopic (exact) mass is 1830 g/mol. The van der Waals surface area contributed by atoms with Gasteiger partial charge in [-0.25, -0.2) is 4.85 Å². The number of rotatable bonds is 11. The van der Waals surface area contributed by atoms with E-state index in [2.05, 4.69) is 536 Å². The highest BCUT2D eigenvalue weighted by molar-refractivity contribution is 6.19. The first-order valence-corrected chi connectivity index (χ1v) is 49.3. The van der Waals surface area contributed by atoms with Crippen LogP contribution in [0, 0.1) is 6.57 Å². The molecule has 30 aromatic rings. The Kier molecular flexibility index (Phi) is 19.6. The molecule has 30 rings (SSSR count). The van der Waals surface area contributed by atoms with Gasteiger partial charge in [-0.15, -0.1) is 0 Å². The maximum absolute atomic E-state index is 7.35. The van der Waals surface area contributed by atoms with E-state index in [0.29, 0.717) is 5.69 Å². The minimum Gasteiger partial charge on any atom is -0.309 e. The van der Waals surface area contributed by atoms with E-state index in [1.54, 1.807) is 0 Å². The first-order valence-electron chi connectivity index (χ1n) is 49.3. The third kappa shape index (κ3) is 13.7. The SMILES string of the molecule is [C-]#[N+]c1ccc(-n2c3ccccc3c3ccc(-c4ccc5c(c4)c4ccccc4n5-c4ccccc4)cc32)cc1.c1ccc(-n2c3ccccc3c3cc(-c4ccc5c6ccccc6n(-c6cccc(-c7cc8ccccc8c8ccccc78)c6)c5c4)ccc32)cc1.c1ccc(-n2c3ccccc3c3cc(-c4ccc5c6ccccc6n(-c6cccc(-c7ccc8c(ccc9ccccc98)c7)c6)c5c4)ccc32)cc1. The molecule has 670 valence electrons. The van der Waals surface area contributed by atoms with Gasteiger partial charge >= 0.3 is 0 Å². The topological polar surface area (TPSA) is 33.9 Å². The quantitative estimate of drug-likeness (QED) is 0.0914. The molecule has 7 nitrogen and oxygen atoms in total. The molecule has 0 amide bonds. The molecule has 0 fully saturated rings. The van der Waals surface area contributed by atoms with Gasteiger partial charge in [-0.2, -0.15) is 0 Å². The van der Waals surface area contributed by atoms with Gasteiger partial charge < -0.3 is 27.4 Å². The average Bonchev–Trinajstić information content (AvgIpc) is 1.64. The Morgan fingerprint density at radius 1 is 0.125 bits per heavy atom. The third-order valence-electron chi connectivity index (χ3n) is 29.7. The summed E-state index contributed by atoms with van der Waals surface area (Å²) in [6.45, 7) is 7.35. The Hall–Kier alpha value is -19.4. The highest BCUT2D eigenvalue weighted by Crippen LogP contribution is 2.47. The number of fused-ring (bicyclic) bond motifs is 24. The number of nitrogens with zero attached hydrogens (tertiary/aromatic N) is 7. The van der Waals surface area contributed by atoms with E-state index in [1.807, 2.05) is 24.3 Å². The second-order valence-electron chi connectivity index (χ2n) is 37.7. The molecule has 0 N–H and O–H groups in total. The van der Waals surface area contributed by atoms with E-state index in [1.165, 1.54) is 230 Å². The number of hydrogen-bond donors (Lipinski definition) is 0. The van der Waals surface area contributed by atoms with Gasteiger partial charge in [-0.05, 0) is 275 Å². The predicted octanol–water partition coefficient (Wildman–Crippen LogP) is 37.1. The van der Waals surface area contributed by atoms with Crippen LogP contribution >= 0.6 is 0 Å². The molecule has 0 unspecified atom stereocenters. The minimum absolute atomic E-state index is 0.646. The smallest absolute Gasteiger partial charge is 0.187 e. The molecule has 0 aliphatic carbocycles. The standard InChI is InChI=1S/2C50H32N2.C37H23N3/c1-2-13-39(14-3-1)51-48-20-9-7-18-44(48)46-31-36(25-28-49(46)51)37-24-27-45-43-17-6-8-19-47(43)52(50(45)32-37)40-15-10-12-34(30-40)35-23-26-42-38(29-35)22-21-33-11-4-5-16-41(33)42;1-2-15-37(16-3-1)51-48-24-11-9-22-43(48)46-30-33(26-28-49(46)51)34-25-27-44-42-21-8-10-23-47(42)52(50(44)32-34)38-17-12-14-35(29-38)45-31-36-13-4-5-18-39(36)40-19-6-7-20-41(40)45;1-38-27-17-19-29(20-18-27)40-34-13-7-5-11-30(34)32-21-15-26(24-37(32)40)25-16-22-36-33(23-25)31-12-6-8-14-35(31)39(36)28-9-3-2-4-10-28/h2*1-32H;2-24H. The van der Waals surface area contributed by atoms with Crippen molar-refractivity contribution in [3.8, 4) is 89.8 Å². The highest BCUT2D eigenvalue weighted by atomic mass is 15.0. The van der Waals surface area contributed by atoms with Gasteiger partial charge in [0.2, 0.25) is 0 Å². The van der Waals surface area contributed by atoms with Gasteiger partial charge in [-0.3, -0.25) is 0 Å². The van der Waals surface area contributed by atoms with E-state index >= 15 is 0 Å². The Morgan fingerprint density at radius 3 is 0.792 bits per heavy atom. The summed E-state index contributed by atoms with van der Waals surface area (Å²) >= 11 is 0. The van der Waals surface area contributed by atoms with Gasteiger partial charge in [0.25, 0.3) is 0 Å². The van der Waals surface area contributed by atoms with Crippen molar-refractivity contribution in [3.63, 3.8) is 0 Å². The van der Waals surface area contributed by atoms with Gasteiger partial charge in [0.15, 0.2) is 5.69 Å². The number of para-hydroxylation sites is 9. The van der Waals surface area contributed by atoms with Gasteiger partial charge in [-0.1, -0.05) is 352 Å². The molecule has 0 aliphatic heterocycles. The molecule has 0 aliphatic rings. The van der Waals surface area contributed by atoms with Crippen molar-refractivity contribution in [2.45, 2.75) is 0 Å². The molecular weight excluding hydrogens is 1740 g/mol. The van der Waals surface area contributed by atoms with E-state index in [-0.39, 0.29) is 0 Å². The van der Waals surface area contributed by atoms with Crippen molar-refractivity contribution >= 4 is 180 Å². The van der Waals surface area contributed by atoms with E-state index in [0.717, 1.165) is 33.8 Å². The maximum atomic E-state index is 7.35. The Balaban J connectivity index is 0.000000106. The summed E-state index contributed by atoms with van der Waals surface area (Å²) in [5.74, 6) is 0. The molecule has 0 saturated heterocycles. The molecule has 0 atom stereocenters. The number of aromatic nitrogens is 6. The number of benzene rings is 24. The zero-order valence-electron chi connectivity index (χ0n) is 78.4. The van der Waals surface area contributed by atoms with Gasteiger partial charge in [0.05, 0.1) is 72.8 Å². The zero-order valence-corrected chi connectivity index (χ0v) is 78.4. The third-order valence-corrected chi connectivity index (χ3v) is 29.7. The van der Waals surface area contributed by atoms with Crippen molar-refractivity contribution in [1.29, 1.82) is 0 Å².